The van der Waals surface area contributed by atoms with Crippen molar-refractivity contribution in [2.45, 2.75) is 44.1 Å². The monoisotopic (exact) mass is 374 g/mol. The van der Waals surface area contributed by atoms with Gasteiger partial charge < -0.3 is 14.6 Å². The third-order valence-corrected chi connectivity index (χ3v) is 5.98. The predicted molar refractivity (Wildman–Crippen MR) is 111 cm³/mol. The fourth-order valence-corrected chi connectivity index (χ4v) is 4.47. The van der Waals surface area contributed by atoms with E-state index in [1.165, 1.54) is 10.4 Å². The Hall–Kier alpha value is -2.59. The minimum Gasteiger partial charge on any atom is -0.487 e. The minimum absolute atomic E-state index is 0.128. The van der Waals surface area contributed by atoms with E-state index in [4.69, 9.17) is 9.26 Å². The molecular formula is C24H26N2O2. The van der Waals surface area contributed by atoms with Gasteiger partial charge in [-0.1, -0.05) is 41.6 Å². The van der Waals surface area contributed by atoms with Crippen LogP contribution < -0.4 is 15.8 Å². The Kier molecular flexibility index (Phi) is 4.65. The standard InChI is InChI=1S/C24H26N2O2/c1-2-8-19-18(7-1)17-24(13-15-25-16-14-24)27-22(19)11-6-4-10-21-20-9-3-5-12-23(20)28-26-21/h1-3,5,7-9,12,17,25H,4,6,10-11,13-16H2. The first-order chi connectivity index (χ1) is 13.8. The summed E-state index contributed by atoms with van der Waals surface area (Å²) in [6.07, 6.45) is 8.49. The molecule has 1 saturated heterocycles. The van der Waals surface area contributed by atoms with Crippen molar-refractivity contribution in [2.75, 3.05) is 13.1 Å². The average Bonchev–Trinajstić information content (AvgIpc) is 3.15. The van der Waals surface area contributed by atoms with Crippen LogP contribution >= 0.6 is 0 Å². The van der Waals surface area contributed by atoms with Crippen LogP contribution in [-0.2, 0) is 11.2 Å². The highest BCUT2D eigenvalue weighted by Crippen LogP contribution is 2.31. The van der Waals surface area contributed by atoms with E-state index in [1.54, 1.807) is 0 Å². The van der Waals surface area contributed by atoms with Gasteiger partial charge in [0.1, 0.15) is 11.4 Å². The molecule has 0 saturated carbocycles. The zero-order valence-electron chi connectivity index (χ0n) is 16.1. The molecule has 0 bridgehead atoms. The Balaban J connectivity index is 1.31. The predicted octanol–water partition coefficient (Wildman–Crippen LogP) is 3.28. The number of para-hydroxylation sites is 1. The highest BCUT2D eigenvalue weighted by molar-refractivity contribution is 5.79. The number of aryl methyl sites for hydroxylation is 1. The minimum atomic E-state index is -0.128. The molecule has 2 aliphatic heterocycles. The van der Waals surface area contributed by atoms with E-state index in [0.29, 0.717) is 0 Å². The summed E-state index contributed by atoms with van der Waals surface area (Å²) in [6.45, 7) is 2.04. The van der Waals surface area contributed by atoms with Gasteiger partial charge in [0, 0.05) is 29.9 Å². The van der Waals surface area contributed by atoms with Crippen LogP contribution in [-0.4, -0.2) is 23.8 Å². The Labute approximate surface area is 164 Å². The second-order valence-corrected chi connectivity index (χ2v) is 7.90. The Morgan fingerprint density at radius 1 is 0.929 bits per heavy atom. The Bertz CT molecular complexity index is 1090. The quantitative estimate of drug-likeness (QED) is 0.696. The lowest BCUT2D eigenvalue weighted by Crippen LogP contribution is -2.48. The summed E-state index contributed by atoms with van der Waals surface area (Å²) in [5.41, 5.74) is 1.81. The van der Waals surface area contributed by atoms with Gasteiger partial charge in [-0.2, -0.15) is 0 Å². The van der Waals surface area contributed by atoms with E-state index < -0.39 is 0 Å². The van der Waals surface area contributed by atoms with E-state index >= 15 is 0 Å². The number of benzene rings is 2. The maximum absolute atomic E-state index is 6.64. The van der Waals surface area contributed by atoms with Gasteiger partial charge >= 0.3 is 0 Å². The molecule has 1 aromatic heterocycles. The summed E-state index contributed by atoms with van der Waals surface area (Å²) in [5, 5.41) is 11.4. The van der Waals surface area contributed by atoms with Crippen LogP contribution in [0.25, 0.3) is 22.8 Å². The van der Waals surface area contributed by atoms with Gasteiger partial charge in [0.15, 0.2) is 5.58 Å². The molecule has 0 atom stereocenters. The number of nitrogens with zero attached hydrogens (tertiary/aromatic N) is 1. The van der Waals surface area contributed by atoms with Crippen molar-refractivity contribution >= 4 is 22.8 Å². The van der Waals surface area contributed by atoms with Crippen LogP contribution in [0.15, 0.2) is 53.1 Å². The molecule has 2 aromatic carbocycles. The van der Waals surface area contributed by atoms with Crippen LogP contribution in [0, 0.1) is 0 Å². The number of rotatable bonds is 5. The van der Waals surface area contributed by atoms with Crippen LogP contribution in [0.2, 0.25) is 0 Å². The molecule has 3 heterocycles. The van der Waals surface area contributed by atoms with Crippen molar-refractivity contribution in [3.8, 4) is 0 Å². The summed E-state index contributed by atoms with van der Waals surface area (Å²) in [6, 6.07) is 16.8. The van der Waals surface area contributed by atoms with Crippen LogP contribution in [0.5, 0.6) is 0 Å². The molecule has 1 N–H and O–H groups in total. The fourth-order valence-electron chi connectivity index (χ4n) is 4.47. The van der Waals surface area contributed by atoms with Gasteiger partial charge in [-0.15, -0.1) is 0 Å². The Morgan fingerprint density at radius 3 is 2.64 bits per heavy atom. The number of hydrogen-bond donors (Lipinski definition) is 1. The van der Waals surface area contributed by atoms with Gasteiger partial charge in [-0.25, -0.2) is 0 Å². The van der Waals surface area contributed by atoms with Gasteiger partial charge in [0.25, 0.3) is 0 Å². The van der Waals surface area contributed by atoms with Crippen LogP contribution in [0.4, 0.5) is 0 Å². The summed E-state index contributed by atoms with van der Waals surface area (Å²) < 4.78 is 12.1. The number of piperidine rings is 1. The number of aromatic nitrogens is 1. The lowest BCUT2D eigenvalue weighted by Gasteiger charge is -2.38. The van der Waals surface area contributed by atoms with Crippen molar-refractivity contribution in [3.63, 3.8) is 0 Å². The van der Waals surface area contributed by atoms with E-state index in [-0.39, 0.29) is 5.60 Å². The smallest absolute Gasteiger partial charge is 0.167 e. The fraction of sp³-hybridized carbons (Fsp3) is 0.375. The number of unbranched alkanes of at least 4 members (excludes halogenated alkanes) is 1. The second-order valence-electron chi connectivity index (χ2n) is 7.90. The van der Waals surface area contributed by atoms with Crippen molar-refractivity contribution in [1.29, 1.82) is 0 Å². The number of ether oxygens (including phenoxy) is 1. The SMILES string of the molecule is C1=c2ccccc2=C(CCCCc2noc3ccccc23)OC12CCNCC2. The molecule has 3 aromatic rings. The number of nitrogens with one attached hydrogen (secondary N) is 1. The van der Waals surface area contributed by atoms with E-state index in [9.17, 15) is 0 Å². The molecule has 0 unspecified atom stereocenters. The molecule has 0 aliphatic carbocycles. The largest absolute Gasteiger partial charge is 0.487 e. The molecule has 0 amide bonds. The zero-order valence-corrected chi connectivity index (χ0v) is 16.1. The highest BCUT2D eigenvalue weighted by atomic mass is 16.5. The lowest BCUT2D eigenvalue weighted by molar-refractivity contribution is 0.0605. The molecule has 5 rings (SSSR count). The van der Waals surface area contributed by atoms with Crippen molar-refractivity contribution in [1.82, 2.24) is 10.5 Å². The maximum Gasteiger partial charge on any atom is 0.167 e. The van der Waals surface area contributed by atoms with Crippen molar-refractivity contribution < 1.29 is 9.26 Å². The molecule has 2 aliphatic rings. The third kappa shape index (κ3) is 3.33. The number of fused-ring (bicyclic) bond motifs is 2. The molecule has 144 valence electrons. The van der Waals surface area contributed by atoms with Gasteiger partial charge in [-0.05, 0) is 55.8 Å². The van der Waals surface area contributed by atoms with Gasteiger partial charge in [-0.3, -0.25) is 0 Å². The van der Waals surface area contributed by atoms with Crippen LogP contribution in [0.3, 0.4) is 0 Å². The topological polar surface area (TPSA) is 47.3 Å². The molecule has 0 radical (unpaired) electrons. The van der Waals surface area contributed by atoms with E-state index in [2.05, 4.69) is 46.9 Å². The zero-order chi connectivity index (χ0) is 18.8. The lowest BCUT2D eigenvalue weighted by atomic mass is 9.88. The molecule has 4 heteroatoms. The second kappa shape index (κ2) is 7.44. The molecular weight excluding hydrogens is 348 g/mol. The van der Waals surface area contributed by atoms with Gasteiger partial charge in [0.05, 0.1) is 5.69 Å². The van der Waals surface area contributed by atoms with Gasteiger partial charge in [0.2, 0.25) is 0 Å². The average molecular weight is 374 g/mol. The third-order valence-electron chi connectivity index (χ3n) is 5.98. The summed E-state index contributed by atoms with van der Waals surface area (Å²) in [4.78, 5) is 0. The van der Waals surface area contributed by atoms with E-state index in [0.717, 1.165) is 74.0 Å². The van der Waals surface area contributed by atoms with Crippen molar-refractivity contribution in [3.05, 3.63) is 64.7 Å². The molecule has 4 nitrogen and oxygen atoms in total. The van der Waals surface area contributed by atoms with Crippen molar-refractivity contribution in [2.24, 2.45) is 0 Å². The first-order valence-electron chi connectivity index (χ1n) is 10.4. The molecule has 28 heavy (non-hydrogen) atoms. The Morgan fingerprint density at radius 2 is 1.71 bits per heavy atom. The molecule has 1 spiro atoms. The van der Waals surface area contributed by atoms with Crippen LogP contribution in [0.1, 0.15) is 37.8 Å². The summed E-state index contributed by atoms with van der Waals surface area (Å²) in [5.74, 6) is 1.16. The first-order valence-corrected chi connectivity index (χ1v) is 10.4. The summed E-state index contributed by atoms with van der Waals surface area (Å²) >= 11 is 0. The summed E-state index contributed by atoms with van der Waals surface area (Å²) in [7, 11) is 0. The van der Waals surface area contributed by atoms with E-state index in [1.807, 2.05) is 18.2 Å². The first kappa shape index (κ1) is 17.5. The highest BCUT2D eigenvalue weighted by Gasteiger charge is 2.34. The molecule has 1 fully saturated rings. The maximum atomic E-state index is 6.64. The number of hydrogen-bond acceptors (Lipinski definition) is 4. The normalized spacial score (nSPS) is 17.9.